The predicted molar refractivity (Wildman–Crippen MR) is 184 cm³/mol. The number of aromatic nitrogens is 1. The lowest BCUT2D eigenvalue weighted by molar-refractivity contribution is 0.436. The van der Waals surface area contributed by atoms with Crippen LogP contribution >= 0.6 is 0 Å². The summed E-state index contributed by atoms with van der Waals surface area (Å²) < 4.78 is 9.14. The van der Waals surface area contributed by atoms with Crippen LogP contribution < -0.4 is 0 Å². The maximum absolute atomic E-state index is 10.6. The van der Waals surface area contributed by atoms with Crippen molar-refractivity contribution >= 4 is 38.3 Å². The number of rotatable bonds is 2. The zero-order chi connectivity index (χ0) is 31.3. The summed E-state index contributed by atoms with van der Waals surface area (Å²) in [6, 6.07) is 30.0. The van der Waals surface area contributed by atoms with Crippen LogP contribution in [0.3, 0.4) is 0 Å². The van der Waals surface area contributed by atoms with E-state index in [1.165, 1.54) is 33.2 Å². The first-order chi connectivity index (χ1) is 22.4. The fourth-order valence-electron chi connectivity index (χ4n) is 8.84. The van der Waals surface area contributed by atoms with Crippen LogP contribution in [0.1, 0.15) is 97.4 Å². The van der Waals surface area contributed by atoms with E-state index < -0.39 is 0 Å². The summed E-state index contributed by atoms with van der Waals surface area (Å²) in [7, 11) is 0. The SMILES string of the molecule is CC1CCC(c2c(C#N)cccc2-n2c3ccccc3c3cc(C#N)ccc32)c2c1oc1cc3c(cc21)C1=C(C=CCC1)C3(C)C. The number of furan rings is 1. The molecule has 2 heterocycles. The maximum atomic E-state index is 10.6. The molecule has 4 nitrogen and oxygen atoms in total. The molecular weight excluding hydrogens is 562 g/mol. The number of para-hydroxylation sites is 1. The second-order valence-electron chi connectivity index (χ2n) is 13.8. The fourth-order valence-corrected chi connectivity index (χ4v) is 8.84. The molecule has 0 fully saturated rings. The first-order valence-corrected chi connectivity index (χ1v) is 16.4. The van der Waals surface area contributed by atoms with Crippen molar-refractivity contribution < 1.29 is 4.42 Å². The number of allylic oxidation sites excluding steroid dienone is 4. The summed E-state index contributed by atoms with van der Waals surface area (Å²) in [6.45, 7) is 6.95. The third-order valence-corrected chi connectivity index (χ3v) is 11.0. The van der Waals surface area contributed by atoms with Crippen LogP contribution in [0.4, 0.5) is 0 Å². The van der Waals surface area contributed by atoms with Crippen molar-refractivity contribution in [2.45, 2.75) is 63.7 Å². The van der Waals surface area contributed by atoms with Gasteiger partial charge < -0.3 is 8.98 Å². The van der Waals surface area contributed by atoms with E-state index in [4.69, 9.17) is 4.42 Å². The van der Waals surface area contributed by atoms with Gasteiger partial charge in [-0.15, -0.1) is 0 Å². The van der Waals surface area contributed by atoms with E-state index in [1.807, 2.05) is 36.4 Å². The lowest BCUT2D eigenvalue weighted by atomic mass is 9.75. The van der Waals surface area contributed by atoms with E-state index in [9.17, 15) is 10.5 Å². The number of nitrogens with zero attached hydrogens (tertiary/aromatic N) is 3. The standard InChI is InChI=1S/C42H33N3O/c1-24-15-17-29(40-32-20-30-27-10-4-6-12-33(27)42(2,3)34(30)21-38(32)46-41(24)40)39-26(23-44)9-8-14-37(39)45-35-13-7-5-11-28(35)31-19-25(22-43)16-18-36(31)45/h5-9,11-14,16,18-21,24,29H,4,10,15,17H2,1-3H3. The summed E-state index contributed by atoms with van der Waals surface area (Å²) in [5.74, 6) is 1.36. The van der Waals surface area contributed by atoms with Crippen molar-refractivity contribution in [3.63, 3.8) is 0 Å². The van der Waals surface area contributed by atoms with Gasteiger partial charge in [0.2, 0.25) is 0 Å². The minimum atomic E-state index is -0.0589. The van der Waals surface area contributed by atoms with Gasteiger partial charge in [-0.3, -0.25) is 0 Å². The van der Waals surface area contributed by atoms with Gasteiger partial charge in [-0.2, -0.15) is 10.5 Å². The van der Waals surface area contributed by atoms with E-state index in [0.717, 1.165) is 70.1 Å². The molecule has 222 valence electrons. The molecule has 0 N–H and O–H groups in total. The molecule has 4 aromatic carbocycles. The van der Waals surface area contributed by atoms with Gasteiger partial charge in [-0.1, -0.05) is 57.2 Å². The highest BCUT2D eigenvalue weighted by Gasteiger charge is 2.40. The third kappa shape index (κ3) is 3.53. The second kappa shape index (κ2) is 9.59. The molecule has 46 heavy (non-hydrogen) atoms. The highest BCUT2D eigenvalue weighted by Crippen LogP contribution is 2.54. The summed E-state index contributed by atoms with van der Waals surface area (Å²) in [5, 5.41) is 23.6. The molecule has 0 amide bonds. The topological polar surface area (TPSA) is 65.7 Å². The summed E-state index contributed by atoms with van der Waals surface area (Å²) >= 11 is 0. The Labute approximate surface area is 268 Å². The number of nitriles is 2. The predicted octanol–water partition coefficient (Wildman–Crippen LogP) is 10.7. The molecule has 6 aromatic rings. The molecule has 0 saturated carbocycles. The van der Waals surface area contributed by atoms with Gasteiger partial charge in [0, 0.05) is 44.5 Å². The zero-order valence-corrected chi connectivity index (χ0v) is 26.3. The highest BCUT2D eigenvalue weighted by atomic mass is 16.3. The Morgan fingerprint density at radius 1 is 0.848 bits per heavy atom. The molecule has 9 rings (SSSR count). The molecule has 0 saturated heterocycles. The molecular formula is C42H33N3O. The molecule has 0 bridgehead atoms. The average Bonchev–Trinajstić information content (AvgIpc) is 3.70. The largest absolute Gasteiger partial charge is 0.460 e. The second-order valence-corrected chi connectivity index (χ2v) is 13.8. The lowest BCUT2D eigenvalue weighted by Crippen LogP contribution is -2.16. The Kier molecular flexibility index (Phi) is 5.63. The smallest absolute Gasteiger partial charge is 0.134 e. The number of hydrogen-bond acceptors (Lipinski definition) is 3. The number of hydrogen-bond donors (Lipinski definition) is 0. The van der Waals surface area contributed by atoms with Crippen LogP contribution in [0, 0.1) is 22.7 Å². The van der Waals surface area contributed by atoms with Crippen LogP contribution in [0.2, 0.25) is 0 Å². The van der Waals surface area contributed by atoms with E-state index in [0.29, 0.717) is 17.0 Å². The van der Waals surface area contributed by atoms with Crippen molar-refractivity contribution in [3.05, 3.63) is 130 Å². The Morgan fingerprint density at radius 2 is 1.70 bits per heavy atom. The molecule has 4 heteroatoms. The van der Waals surface area contributed by atoms with E-state index in [2.05, 4.69) is 86.0 Å². The van der Waals surface area contributed by atoms with Crippen molar-refractivity contribution in [3.8, 4) is 17.8 Å². The third-order valence-electron chi connectivity index (χ3n) is 11.0. The Balaban J connectivity index is 1.33. The highest BCUT2D eigenvalue weighted by molar-refractivity contribution is 6.10. The minimum Gasteiger partial charge on any atom is -0.460 e. The Morgan fingerprint density at radius 3 is 2.54 bits per heavy atom. The number of fused-ring (bicyclic) bond motifs is 8. The van der Waals surface area contributed by atoms with Gasteiger partial charge in [-0.25, -0.2) is 0 Å². The first-order valence-electron chi connectivity index (χ1n) is 16.4. The normalized spacial score (nSPS) is 19.7. The van der Waals surface area contributed by atoms with Gasteiger partial charge in [0.25, 0.3) is 0 Å². The lowest BCUT2D eigenvalue weighted by Gasteiger charge is -2.29. The van der Waals surface area contributed by atoms with Crippen LogP contribution in [-0.4, -0.2) is 4.57 Å². The van der Waals surface area contributed by atoms with Gasteiger partial charge in [0.15, 0.2) is 0 Å². The molecule has 2 aromatic heterocycles. The summed E-state index contributed by atoms with van der Waals surface area (Å²) in [5.41, 5.74) is 13.3. The van der Waals surface area contributed by atoms with Gasteiger partial charge >= 0.3 is 0 Å². The van der Waals surface area contributed by atoms with Gasteiger partial charge in [0.05, 0.1) is 40.0 Å². The quantitative estimate of drug-likeness (QED) is 0.200. The van der Waals surface area contributed by atoms with E-state index >= 15 is 0 Å². The summed E-state index contributed by atoms with van der Waals surface area (Å²) in [4.78, 5) is 0. The fraction of sp³-hybridized carbons (Fsp3) is 0.238. The molecule has 0 aliphatic heterocycles. The minimum absolute atomic E-state index is 0.0000545. The average molecular weight is 596 g/mol. The van der Waals surface area contributed by atoms with Crippen LogP contribution in [0.15, 0.2) is 94.9 Å². The van der Waals surface area contributed by atoms with E-state index in [1.54, 1.807) is 0 Å². The van der Waals surface area contributed by atoms with Crippen LogP contribution in [0.5, 0.6) is 0 Å². The van der Waals surface area contributed by atoms with E-state index in [-0.39, 0.29) is 11.3 Å². The van der Waals surface area contributed by atoms with Gasteiger partial charge in [-0.05, 0) is 96.5 Å². The number of benzene rings is 4. The first kappa shape index (κ1) is 27.0. The monoisotopic (exact) mass is 595 g/mol. The zero-order valence-electron chi connectivity index (χ0n) is 26.3. The molecule has 3 aliphatic carbocycles. The molecule has 2 atom stereocenters. The Bertz CT molecular complexity index is 2450. The van der Waals surface area contributed by atoms with Crippen molar-refractivity contribution in [1.29, 1.82) is 10.5 Å². The van der Waals surface area contributed by atoms with Crippen molar-refractivity contribution in [2.24, 2.45) is 0 Å². The molecule has 0 radical (unpaired) electrons. The van der Waals surface area contributed by atoms with Crippen LogP contribution in [-0.2, 0) is 5.41 Å². The molecule has 3 aliphatic rings. The van der Waals surface area contributed by atoms with Crippen LogP contribution in [0.25, 0.3) is 44.0 Å². The summed E-state index contributed by atoms with van der Waals surface area (Å²) in [6.07, 6.45) is 8.71. The maximum Gasteiger partial charge on any atom is 0.134 e. The van der Waals surface area contributed by atoms with Gasteiger partial charge in [0.1, 0.15) is 11.3 Å². The molecule has 2 unspecified atom stereocenters. The molecule has 0 spiro atoms. The Hall–Kier alpha value is -5.32. The van der Waals surface area contributed by atoms with Crippen molar-refractivity contribution in [1.82, 2.24) is 4.57 Å². The van der Waals surface area contributed by atoms with Crippen molar-refractivity contribution in [2.75, 3.05) is 0 Å².